The van der Waals surface area contributed by atoms with Crippen LogP contribution in [0.25, 0.3) is 10.4 Å². The van der Waals surface area contributed by atoms with E-state index in [1.807, 2.05) is 18.4 Å². The van der Waals surface area contributed by atoms with Crippen molar-refractivity contribution in [3.63, 3.8) is 0 Å². The minimum absolute atomic E-state index is 0.0451. The molecule has 6 nitrogen and oxygen atoms in total. The molecule has 0 spiro atoms. The van der Waals surface area contributed by atoms with E-state index < -0.39 is 15.8 Å². The maximum absolute atomic E-state index is 14.6. The van der Waals surface area contributed by atoms with Crippen LogP contribution in [0, 0.1) is 12.7 Å². The van der Waals surface area contributed by atoms with Gasteiger partial charge in [0.2, 0.25) is 0 Å². The standard InChI is InChI=1S/C24H28FN3O3S2/c1-15-9-23(32-14-15)18-5-8-24(22(10-18)31-4)33(29,30)27-21-11-19(6-7-20(21)25)28-12-16(2)26-17(3)13-28/h5-11,14,16-17,26-27H,12-13H2,1-4H3/t16-,17+. The van der Waals surface area contributed by atoms with Crippen LogP contribution < -0.4 is 19.7 Å². The van der Waals surface area contributed by atoms with Crippen LogP contribution >= 0.6 is 11.3 Å². The third kappa shape index (κ3) is 5.15. The summed E-state index contributed by atoms with van der Waals surface area (Å²) < 4.78 is 48.8. The van der Waals surface area contributed by atoms with E-state index in [2.05, 4.69) is 28.8 Å². The van der Waals surface area contributed by atoms with Crippen molar-refractivity contribution in [2.24, 2.45) is 0 Å². The number of halogens is 1. The first kappa shape index (κ1) is 23.5. The van der Waals surface area contributed by atoms with Crippen molar-refractivity contribution in [3.05, 3.63) is 59.2 Å². The van der Waals surface area contributed by atoms with Crippen molar-refractivity contribution in [2.75, 3.05) is 29.8 Å². The number of benzene rings is 2. The van der Waals surface area contributed by atoms with Crippen molar-refractivity contribution in [1.82, 2.24) is 5.32 Å². The Kier molecular flexibility index (Phi) is 6.65. The average Bonchev–Trinajstić information content (AvgIpc) is 3.20. The molecule has 176 valence electrons. The Bertz CT molecular complexity index is 1250. The number of ether oxygens (including phenoxy) is 1. The third-order valence-electron chi connectivity index (χ3n) is 5.59. The lowest BCUT2D eigenvalue weighted by atomic mass is 10.1. The van der Waals surface area contributed by atoms with Crippen LogP contribution in [-0.2, 0) is 10.0 Å². The fourth-order valence-electron chi connectivity index (χ4n) is 4.15. The molecule has 33 heavy (non-hydrogen) atoms. The zero-order valence-electron chi connectivity index (χ0n) is 19.1. The van der Waals surface area contributed by atoms with E-state index in [-0.39, 0.29) is 28.4 Å². The lowest BCUT2D eigenvalue weighted by Crippen LogP contribution is -2.54. The molecule has 2 aromatic carbocycles. The largest absolute Gasteiger partial charge is 0.495 e. The Balaban J connectivity index is 1.63. The van der Waals surface area contributed by atoms with Gasteiger partial charge in [-0.1, -0.05) is 6.07 Å². The minimum atomic E-state index is -4.08. The van der Waals surface area contributed by atoms with E-state index in [1.165, 1.54) is 19.2 Å². The van der Waals surface area contributed by atoms with Gasteiger partial charge in [-0.15, -0.1) is 11.3 Å². The normalized spacial score (nSPS) is 18.9. The molecule has 0 unspecified atom stereocenters. The number of rotatable bonds is 6. The number of methoxy groups -OCH3 is 1. The van der Waals surface area contributed by atoms with Gasteiger partial charge in [-0.25, -0.2) is 12.8 Å². The van der Waals surface area contributed by atoms with Crippen molar-refractivity contribution < 1.29 is 17.5 Å². The van der Waals surface area contributed by atoms with Crippen molar-refractivity contribution in [1.29, 1.82) is 0 Å². The fraction of sp³-hybridized carbons (Fsp3) is 0.333. The molecule has 1 aliphatic rings. The summed E-state index contributed by atoms with van der Waals surface area (Å²) in [4.78, 5) is 3.10. The van der Waals surface area contributed by atoms with Crippen LogP contribution in [0.3, 0.4) is 0 Å². The Morgan fingerprint density at radius 3 is 2.48 bits per heavy atom. The highest BCUT2D eigenvalue weighted by molar-refractivity contribution is 7.92. The average molecular weight is 490 g/mol. The molecule has 1 aromatic heterocycles. The van der Waals surface area contributed by atoms with Gasteiger partial charge < -0.3 is 15.0 Å². The molecule has 2 atom stereocenters. The lowest BCUT2D eigenvalue weighted by Gasteiger charge is -2.37. The predicted octanol–water partition coefficient (Wildman–Crippen LogP) is 4.86. The minimum Gasteiger partial charge on any atom is -0.495 e. The zero-order valence-corrected chi connectivity index (χ0v) is 20.7. The summed E-state index contributed by atoms with van der Waals surface area (Å²) in [7, 11) is -2.66. The summed E-state index contributed by atoms with van der Waals surface area (Å²) in [5.41, 5.74) is 2.67. The number of thiophene rings is 1. The van der Waals surface area contributed by atoms with E-state index in [9.17, 15) is 12.8 Å². The number of anilines is 2. The molecule has 0 radical (unpaired) electrons. The Morgan fingerprint density at radius 1 is 1.12 bits per heavy atom. The molecule has 0 bridgehead atoms. The second-order valence-electron chi connectivity index (χ2n) is 8.50. The Labute approximate surface area is 198 Å². The number of sulfonamides is 1. The summed E-state index contributed by atoms with van der Waals surface area (Å²) in [6.45, 7) is 7.68. The zero-order chi connectivity index (χ0) is 23.8. The first-order valence-corrected chi connectivity index (χ1v) is 13.1. The predicted molar refractivity (Wildman–Crippen MR) is 133 cm³/mol. The molecule has 4 rings (SSSR count). The first-order valence-electron chi connectivity index (χ1n) is 10.7. The van der Waals surface area contributed by atoms with Crippen LogP contribution in [0.15, 0.2) is 52.7 Å². The monoisotopic (exact) mass is 489 g/mol. The van der Waals surface area contributed by atoms with Crippen LogP contribution in [0.5, 0.6) is 5.75 Å². The number of nitrogens with one attached hydrogen (secondary N) is 2. The lowest BCUT2D eigenvalue weighted by molar-refractivity contribution is 0.403. The molecule has 0 aliphatic carbocycles. The van der Waals surface area contributed by atoms with E-state index >= 15 is 0 Å². The van der Waals surface area contributed by atoms with Gasteiger partial charge in [0.15, 0.2) is 0 Å². The quantitative estimate of drug-likeness (QED) is 0.518. The highest BCUT2D eigenvalue weighted by Gasteiger charge is 2.25. The second kappa shape index (κ2) is 9.32. The van der Waals surface area contributed by atoms with Gasteiger partial charge in [-0.2, -0.15) is 0 Å². The van der Waals surface area contributed by atoms with Gasteiger partial charge in [-0.3, -0.25) is 4.72 Å². The summed E-state index contributed by atoms with van der Waals surface area (Å²) in [5, 5.41) is 5.49. The molecule has 0 saturated carbocycles. The van der Waals surface area contributed by atoms with Gasteiger partial charge in [0, 0.05) is 35.7 Å². The molecule has 1 saturated heterocycles. The number of hydrogen-bond donors (Lipinski definition) is 2. The van der Waals surface area contributed by atoms with E-state index in [0.29, 0.717) is 0 Å². The molecule has 3 aromatic rings. The van der Waals surface area contributed by atoms with Crippen LogP contribution in [0.4, 0.5) is 15.8 Å². The number of piperazine rings is 1. The maximum Gasteiger partial charge on any atom is 0.265 e. The van der Waals surface area contributed by atoms with Crippen molar-refractivity contribution in [3.8, 4) is 16.2 Å². The second-order valence-corrected chi connectivity index (χ2v) is 11.1. The number of aryl methyl sites for hydroxylation is 1. The van der Waals surface area contributed by atoms with Gasteiger partial charge in [0.1, 0.15) is 16.5 Å². The Hall–Kier alpha value is -2.62. The van der Waals surface area contributed by atoms with Gasteiger partial charge in [0.05, 0.1) is 12.8 Å². The van der Waals surface area contributed by atoms with E-state index in [4.69, 9.17) is 4.74 Å². The summed E-state index contributed by atoms with van der Waals surface area (Å²) in [6, 6.07) is 12.0. The van der Waals surface area contributed by atoms with Crippen LogP contribution in [0.2, 0.25) is 0 Å². The van der Waals surface area contributed by atoms with E-state index in [0.717, 1.165) is 34.8 Å². The number of nitrogens with zero attached hydrogens (tertiary/aromatic N) is 1. The highest BCUT2D eigenvalue weighted by Crippen LogP contribution is 2.35. The highest BCUT2D eigenvalue weighted by atomic mass is 32.2. The molecule has 2 heterocycles. The van der Waals surface area contributed by atoms with Crippen molar-refractivity contribution >= 4 is 32.7 Å². The Morgan fingerprint density at radius 2 is 1.85 bits per heavy atom. The summed E-state index contributed by atoms with van der Waals surface area (Å²) >= 11 is 1.58. The van der Waals surface area contributed by atoms with Crippen molar-refractivity contribution in [2.45, 2.75) is 37.8 Å². The topological polar surface area (TPSA) is 70.7 Å². The molecule has 9 heteroatoms. The molecular formula is C24H28FN3O3S2. The summed E-state index contributed by atoms with van der Waals surface area (Å²) in [5.74, 6) is -0.435. The smallest absolute Gasteiger partial charge is 0.265 e. The molecule has 1 fully saturated rings. The fourth-order valence-corrected chi connectivity index (χ4v) is 6.26. The SMILES string of the molecule is COc1cc(-c2cc(C)cs2)ccc1S(=O)(=O)Nc1cc(N2C[C@@H](C)N[C@@H](C)C2)ccc1F. The van der Waals surface area contributed by atoms with Gasteiger partial charge in [0.25, 0.3) is 10.0 Å². The summed E-state index contributed by atoms with van der Waals surface area (Å²) in [6.07, 6.45) is 0. The van der Waals surface area contributed by atoms with Crippen LogP contribution in [-0.4, -0.2) is 40.7 Å². The van der Waals surface area contributed by atoms with E-state index in [1.54, 1.807) is 35.6 Å². The van der Waals surface area contributed by atoms with Gasteiger partial charge in [-0.05, 0) is 73.7 Å². The van der Waals surface area contributed by atoms with Gasteiger partial charge >= 0.3 is 0 Å². The first-order chi connectivity index (χ1) is 15.7. The maximum atomic E-state index is 14.6. The molecule has 0 amide bonds. The van der Waals surface area contributed by atoms with Crippen LogP contribution in [0.1, 0.15) is 19.4 Å². The molecular weight excluding hydrogens is 461 g/mol. The molecule has 2 N–H and O–H groups in total. The third-order valence-corrected chi connectivity index (χ3v) is 8.09. The number of hydrogen-bond acceptors (Lipinski definition) is 6. The molecule has 1 aliphatic heterocycles.